The van der Waals surface area contributed by atoms with E-state index in [1.807, 2.05) is 18.2 Å². The molecule has 5 heteroatoms. The number of nitrogens with one attached hydrogen (secondary N) is 1. The maximum Gasteiger partial charge on any atom is 0.124 e. The fourth-order valence-corrected chi connectivity index (χ4v) is 3.78. The van der Waals surface area contributed by atoms with E-state index in [0.717, 1.165) is 41.7 Å². The second-order valence-electron chi connectivity index (χ2n) is 5.55. The molecule has 2 fully saturated rings. The number of hydrogen-bond donors (Lipinski definition) is 3. The number of amidine groups is 1. The first kappa shape index (κ1) is 12.9. The lowest BCUT2D eigenvalue weighted by atomic mass is 10.00. The largest absolute Gasteiger partial charge is 0.393 e. The van der Waals surface area contributed by atoms with Gasteiger partial charge in [-0.05, 0) is 37.0 Å². The zero-order valence-electron chi connectivity index (χ0n) is 10.6. The molecule has 1 aliphatic carbocycles. The number of anilines is 1. The minimum Gasteiger partial charge on any atom is -0.393 e. The Morgan fingerprint density at radius 2 is 2.16 bits per heavy atom. The van der Waals surface area contributed by atoms with E-state index < -0.39 is 0 Å². The molecule has 1 saturated heterocycles. The predicted octanol–water partition coefficient (Wildman–Crippen LogP) is 1.94. The summed E-state index contributed by atoms with van der Waals surface area (Å²) in [6.45, 7) is 1.82. The molecule has 2 aliphatic rings. The summed E-state index contributed by atoms with van der Waals surface area (Å²) in [5.41, 5.74) is 7.45. The van der Waals surface area contributed by atoms with Crippen molar-refractivity contribution in [3.8, 4) is 0 Å². The van der Waals surface area contributed by atoms with Crippen LogP contribution in [-0.2, 0) is 0 Å². The van der Waals surface area contributed by atoms with Crippen LogP contribution in [0.3, 0.4) is 0 Å². The molecule has 0 spiro atoms. The smallest absolute Gasteiger partial charge is 0.124 e. The molecule has 3 unspecified atom stereocenters. The van der Waals surface area contributed by atoms with Crippen LogP contribution in [0.2, 0.25) is 0 Å². The molecule has 102 valence electrons. The van der Waals surface area contributed by atoms with Crippen LogP contribution in [0.15, 0.2) is 22.7 Å². The Balaban J connectivity index is 1.91. The first-order valence-corrected chi connectivity index (χ1v) is 7.42. The summed E-state index contributed by atoms with van der Waals surface area (Å²) in [4.78, 5) is 2.26. The van der Waals surface area contributed by atoms with Gasteiger partial charge in [-0.1, -0.05) is 15.9 Å². The van der Waals surface area contributed by atoms with Crippen molar-refractivity contribution in [1.82, 2.24) is 0 Å². The highest BCUT2D eigenvalue weighted by atomic mass is 79.9. The van der Waals surface area contributed by atoms with E-state index in [-0.39, 0.29) is 11.9 Å². The summed E-state index contributed by atoms with van der Waals surface area (Å²) < 4.78 is 0.991. The van der Waals surface area contributed by atoms with Crippen LogP contribution in [0.1, 0.15) is 18.4 Å². The van der Waals surface area contributed by atoms with Crippen molar-refractivity contribution in [2.24, 2.45) is 17.6 Å². The van der Waals surface area contributed by atoms with Gasteiger partial charge in [-0.15, -0.1) is 0 Å². The van der Waals surface area contributed by atoms with Gasteiger partial charge in [0.15, 0.2) is 0 Å². The molecule has 1 aliphatic heterocycles. The van der Waals surface area contributed by atoms with Gasteiger partial charge in [-0.3, -0.25) is 5.41 Å². The molecule has 1 aromatic carbocycles. The van der Waals surface area contributed by atoms with E-state index in [4.69, 9.17) is 11.1 Å². The lowest BCUT2D eigenvalue weighted by molar-refractivity contribution is 0.133. The van der Waals surface area contributed by atoms with E-state index in [9.17, 15) is 5.11 Å². The van der Waals surface area contributed by atoms with Crippen molar-refractivity contribution in [3.63, 3.8) is 0 Å². The van der Waals surface area contributed by atoms with Crippen molar-refractivity contribution in [2.75, 3.05) is 18.0 Å². The molecular formula is C14H18BrN3O. The predicted molar refractivity (Wildman–Crippen MR) is 79.6 cm³/mol. The zero-order valence-corrected chi connectivity index (χ0v) is 12.2. The number of fused-ring (bicyclic) bond motifs is 1. The van der Waals surface area contributed by atoms with Gasteiger partial charge in [0, 0.05) is 34.7 Å². The van der Waals surface area contributed by atoms with Gasteiger partial charge in [0.25, 0.3) is 0 Å². The number of aliphatic hydroxyl groups excluding tert-OH is 1. The monoisotopic (exact) mass is 323 g/mol. The number of aliphatic hydroxyl groups is 1. The summed E-state index contributed by atoms with van der Waals surface area (Å²) in [5.74, 6) is 1.05. The molecule has 4 nitrogen and oxygen atoms in total. The van der Waals surface area contributed by atoms with Gasteiger partial charge < -0.3 is 15.7 Å². The molecular weight excluding hydrogens is 306 g/mol. The van der Waals surface area contributed by atoms with E-state index >= 15 is 0 Å². The number of halogens is 1. The molecule has 0 bridgehead atoms. The Kier molecular flexibility index (Phi) is 3.27. The molecule has 0 amide bonds. The number of hydrogen-bond acceptors (Lipinski definition) is 3. The van der Waals surface area contributed by atoms with Crippen LogP contribution in [0.25, 0.3) is 0 Å². The van der Waals surface area contributed by atoms with Crippen LogP contribution in [-0.4, -0.2) is 30.1 Å². The first-order chi connectivity index (χ1) is 9.06. The minimum absolute atomic E-state index is 0.0973. The summed E-state index contributed by atoms with van der Waals surface area (Å²) in [5, 5.41) is 17.7. The number of benzene rings is 1. The van der Waals surface area contributed by atoms with E-state index in [1.54, 1.807) is 0 Å². The summed E-state index contributed by atoms with van der Waals surface area (Å²) in [6.07, 6.45) is 1.87. The SMILES string of the molecule is N=C(N)c1ccc(Br)cc1N1CC2CCC(O)C2C1. The van der Waals surface area contributed by atoms with E-state index in [1.165, 1.54) is 0 Å². The van der Waals surface area contributed by atoms with Gasteiger partial charge >= 0.3 is 0 Å². The maximum absolute atomic E-state index is 9.99. The number of nitrogens with two attached hydrogens (primary N) is 1. The lowest BCUT2D eigenvalue weighted by Crippen LogP contribution is -2.27. The topological polar surface area (TPSA) is 73.3 Å². The van der Waals surface area contributed by atoms with Crippen molar-refractivity contribution in [3.05, 3.63) is 28.2 Å². The quantitative estimate of drug-likeness (QED) is 0.575. The fourth-order valence-electron chi connectivity index (χ4n) is 3.43. The summed E-state index contributed by atoms with van der Waals surface area (Å²) >= 11 is 3.48. The minimum atomic E-state index is -0.164. The number of nitrogens with zero attached hydrogens (tertiary/aromatic N) is 1. The van der Waals surface area contributed by atoms with Crippen molar-refractivity contribution >= 4 is 27.5 Å². The Labute approximate surface area is 121 Å². The maximum atomic E-state index is 9.99. The van der Waals surface area contributed by atoms with Gasteiger partial charge in [0.05, 0.1) is 6.10 Å². The second kappa shape index (κ2) is 4.80. The summed E-state index contributed by atoms with van der Waals surface area (Å²) in [6, 6.07) is 5.81. The molecule has 3 rings (SSSR count). The van der Waals surface area contributed by atoms with Crippen LogP contribution >= 0.6 is 15.9 Å². The van der Waals surface area contributed by atoms with Crippen LogP contribution in [0.4, 0.5) is 5.69 Å². The molecule has 0 aromatic heterocycles. The van der Waals surface area contributed by atoms with Gasteiger partial charge in [-0.2, -0.15) is 0 Å². The standard InChI is InChI=1S/C14H18BrN3O/c15-9-2-3-10(14(16)17)12(5-9)18-6-8-1-4-13(19)11(8)7-18/h2-3,5,8,11,13,19H,1,4,6-7H2,(H3,16,17). The highest BCUT2D eigenvalue weighted by Crippen LogP contribution is 2.41. The lowest BCUT2D eigenvalue weighted by Gasteiger charge is -2.23. The average Bonchev–Trinajstić information content (AvgIpc) is 2.91. The molecule has 19 heavy (non-hydrogen) atoms. The second-order valence-corrected chi connectivity index (χ2v) is 6.46. The van der Waals surface area contributed by atoms with E-state index in [2.05, 4.69) is 20.8 Å². The summed E-state index contributed by atoms with van der Waals surface area (Å²) in [7, 11) is 0. The van der Waals surface area contributed by atoms with Crippen LogP contribution < -0.4 is 10.6 Å². The van der Waals surface area contributed by atoms with Gasteiger partial charge in [-0.25, -0.2) is 0 Å². The molecule has 4 N–H and O–H groups in total. The molecule has 1 heterocycles. The van der Waals surface area contributed by atoms with E-state index in [0.29, 0.717) is 11.8 Å². The third-order valence-corrected chi connectivity index (χ3v) is 4.90. The number of nitrogen functional groups attached to an aromatic ring is 1. The van der Waals surface area contributed by atoms with Crippen molar-refractivity contribution in [1.29, 1.82) is 5.41 Å². The van der Waals surface area contributed by atoms with Crippen LogP contribution in [0, 0.1) is 17.2 Å². The Hall–Kier alpha value is -1.07. The fraction of sp³-hybridized carbons (Fsp3) is 0.500. The zero-order chi connectivity index (χ0) is 13.6. The van der Waals surface area contributed by atoms with Crippen LogP contribution in [0.5, 0.6) is 0 Å². The highest BCUT2D eigenvalue weighted by Gasteiger charge is 2.42. The van der Waals surface area contributed by atoms with Crippen molar-refractivity contribution < 1.29 is 5.11 Å². The molecule has 0 radical (unpaired) electrons. The molecule has 3 atom stereocenters. The Morgan fingerprint density at radius 3 is 2.84 bits per heavy atom. The Morgan fingerprint density at radius 1 is 1.37 bits per heavy atom. The van der Waals surface area contributed by atoms with Gasteiger partial charge in [0.1, 0.15) is 5.84 Å². The third kappa shape index (κ3) is 2.25. The Bertz CT molecular complexity index is 519. The average molecular weight is 324 g/mol. The normalized spacial score (nSPS) is 29.6. The molecule has 1 saturated carbocycles. The third-order valence-electron chi connectivity index (χ3n) is 4.41. The molecule has 1 aromatic rings. The first-order valence-electron chi connectivity index (χ1n) is 6.63. The van der Waals surface area contributed by atoms with Crippen molar-refractivity contribution in [2.45, 2.75) is 18.9 Å². The van der Waals surface area contributed by atoms with Gasteiger partial charge in [0.2, 0.25) is 0 Å². The number of rotatable bonds is 2. The highest BCUT2D eigenvalue weighted by molar-refractivity contribution is 9.10.